The molecule has 2 saturated heterocycles. The summed E-state index contributed by atoms with van der Waals surface area (Å²) in [5, 5.41) is 15.3. The molecule has 0 aliphatic carbocycles. The van der Waals surface area contributed by atoms with Gasteiger partial charge in [-0.3, -0.25) is 4.68 Å². The number of aromatic amines is 1. The quantitative estimate of drug-likeness (QED) is 0.418. The van der Waals surface area contributed by atoms with Crippen LogP contribution in [0.25, 0.3) is 33.2 Å². The molecule has 0 amide bonds. The first kappa shape index (κ1) is 20.2. The lowest BCUT2D eigenvalue weighted by Gasteiger charge is -2.38. The van der Waals surface area contributed by atoms with Crippen molar-refractivity contribution in [1.82, 2.24) is 24.7 Å². The van der Waals surface area contributed by atoms with Crippen molar-refractivity contribution in [3.8, 4) is 11.1 Å². The highest BCUT2D eigenvalue weighted by molar-refractivity contribution is 6.43. The van der Waals surface area contributed by atoms with Gasteiger partial charge in [0, 0.05) is 35.4 Å². The average Bonchev–Trinajstić information content (AvgIpc) is 3.41. The molecule has 2 bridgehead atoms. The van der Waals surface area contributed by atoms with Gasteiger partial charge in [0.1, 0.15) is 16.5 Å². The van der Waals surface area contributed by atoms with Gasteiger partial charge >= 0.3 is 0 Å². The van der Waals surface area contributed by atoms with Gasteiger partial charge in [-0.25, -0.2) is 9.97 Å². The molecule has 2 fully saturated rings. The molecule has 32 heavy (non-hydrogen) atoms. The number of benzene rings is 1. The van der Waals surface area contributed by atoms with Gasteiger partial charge in [-0.15, -0.1) is 0 Å². The summed E-state index contributed by atoms with van der Waals surface area (Å²) in [6.45, 7) is 0.257. The molecule has 0 unspecified atom stereocenters. The maximum Gasteiger partial charge on any atom is 0.159 e. The average molecular weight is 472 g/mol. The van der Waals surface area contributed by atoms with Crippen LogP contribution >= 0.6 is 23.2 Å². The zero-order valence-electron chi connectivity index (χ0n) is 17.3. The van der Waals surface area contributed by atoms with Crippen molar-refractivity contribution < 1.29 is 5.11 Å². The molecule has 6 rings (SSSR count). The van der Waals surface area contributed by atoms with E-state index in [4.69, 9.17) is 38.9 Å². The van der Waals surface area contributed by atoms with E-state index in [-0.39, 0.29) is 12.6 Å². The Balaban J connectivity index is 1.41. The zero-order chi connectivity index (χ0) is 22.0. The van der Waals surface area contributed by atoms with Crippen molar-refractivity contribution in [3.63, 3.8) is 0 Å². The number of fused-ring (bicyclic) bond motifs is 4. The molecule has 4 N–H and O–H groups in total. The Morgan fingerprint density at radius 2 is 1.94 bits per heavy atom. The van der Waals surface area contributed by atoms with Gasteiger partial charge in [0.05, 0.1) is 35.3 Å². The number of H-pyrrole nitrogens is 1. The van der Waals surface area contributed by atoms with E-state index in [2.05, 4.69) is 15.0 Å². The minimum Gasteiger partial charge on any atom is -0.394 e. The fraction of sp³-hybridized carbons (Fsp3) is 0.409. The van der Waals surface area contributed by atoms with Gasteiger partial charge in [0.15, 0.2) is 5.65 Å². The largest absolute Gasteiger partial charge is 0.394 e. The van der Waals surface area contributed by atoms with Crippen LogP contribution in [0.4, 0.5) is 5.82 Å². The number of halogens is 2. The molecule has 0 spiro atoms. The topological polar surface area (TPSA) is 109 Å². The first-order valence-corrected chi connectivity index (χ1v) is 11.6. The smallest absolute Gasteiger partial charge is 0.159 e. The molecule has 2 aliphatic rings. The highest BCUT2D eigenvalue weighted by Crippen LogP contribution is 2.41. The monoisotopic (exact) mass is 471 g/mol. The summed E-state index contributed by atoms with van der Waals surface area (Å²) in [7, 11) is 0. The number of piperidine rings is 1. The van der Waals surface area contributed by atoms with Gasteiger partial charge < -0.3 is 20.7 Å². The molecule has 166 valence electrons. The molecule has 3 aromatic heterocycles. The van der Waals surface area contributed by atoms with Gasteiger partial charge in [-0.1, -0.05) is 29.3 Å². The van der Waals surface area contributed by atoms with Crippen molar-refractivity contribution in [2.45, 2.75) is 50.4 Å². The number of rotatable bonds is 4. The molecule has 0 saturated carbocycles. The number of nitrogens with zero attached hydrogens (tertiary/aromatic N) is 5. The van der Waals surface area contributed by atoms with E-state index in [1.807, 2.05) is 24.5 Å². The van der Waals surface area contributed by atoms with E-state index in [1.54, 1.807) is 4.68 Å². The number of aromatic nitrogens is 5. The van der Waals surface area contributed by atoms with Crippen LogP contribution in [-0.2, 0) is 6.54 Å². The minimum absolute atomic E-state index is 0.0524. The Morgan fingerprint density at radius 1 is 1.16 bits per heavy atom. The Labute approximate surface area is 194 Å². The van der Waals surface area contributed by atoms with Gasteiger partial charge in [0.2, 0.25) is 0 Å². The van der Waals surface area contributed by atoms with E-state index >= 15 is 0 Å². The first-order chi connectivity index (χ1) is 15.5. The van der Waals surface area contributed by atoms with Crippen LogP contribution in [-0.4, -0.2) is 54.6 Å². The molecule has 4 aromatic rings. The maximum atomic E-state index is 9.25. The number of hydrogen-bond donors (Lipinski definition) is 3. The van der Waals surface area contributed by atoms with Crippen molar-refractivity contribution >= 4 is 51.1 Å². The predicted octanol–water partition coefficient (Wildman–Crippen LogP) is 3.73. The van der Waals surface area contributed by atoms with Crippen LogP contribution in [0.5, 0.6) is 0 Å². The number of aliphatic hydroxyl groups excluding tert-OH is 1. The normalized spacial score (nSPS) is 23.0. The van der Waals surface area contributed by atoms with E-state index in [1.165, 1.54) is 0 Å². The molecular weight excluding hydrogens is 449 g/mol. The Hall–Kier alpha value is -2.39. The van der Waals surface area contributed by atoms with Crippen LogP contribution in [0, 0.1) is 0 Å². The third-order valence-corrected chi connectivity index (χ3v) is 7.56. The lowest BCUT2D eigenvalue weighted by atomic mass is 9.98. The van der Waals surface area contributed by atoms with Crippen LogP contribution in [0.3, 0.4) is 0 Å². The third-order valence-electron chi connectivity index (χ3n) is 6.79. The second kappa shape index (κ2) is 7.59. The Morgan fingerprint density at radius 3 is 2.69 bits per heavy atom. The predicted molar refractivity (Wildman–Crippen MR) is 126 cm³/mol. The Bertz CT molecular complexity index is 1320. The van der Waals surface area contributed by atoms with Crippen molar-refractivity contribution in [1.29, 1.82) is 0 Å². The zero-order valence-corrected chi connectivity index (χ0v) is 18.8. The molecule has 8 nitrogen and oxygen atoms in total. The summed E-state index contributed by atoms with van der Waals surface area (Å²) in [4.78, 5) is 15.4. The van der Waals surface area contributed by atoms with Crippen molar-refractivity contribution in [3.05, 3.63) is 34.7 Å². The molecule has 10 heteroatoms. The van der Waals surface area contributed by atoms with Gasteiger partial charge in [-0.05, 0) is 31.7 Å². The molecule has 2 aliphatic heterocycles. The number of anilines is 1. The van der Waals surface area contributed by atoms with Gasteiger partial charge in [0.25, 0.3) is 0 Å². The standard InChI is InChI=1S/C22H23Cl2N7O/c23-19-14(3-4-16-18(19)21(24)30(29-16)5-6-32)15-9-27-22-20(15)26-10-17(28-22)31-12-1-2-13(31)8-11(25)7-12/h3-4,9-13,32H,1-2,5-8,25H2,(H,27,28)/t11-,12+,13-. The number of nitrogens with one attached hydrogen (secondary N) is 1. The van der Waals surface area contributed by atoms with Crippen molar-refractivity contribution in [2.24, 2.45) is 5.73 Å². The maximum absolute atomic E-state index is 9.25. The summed E-state index contributed by atoms with van der Waals surface area (Å²) in [5.41, 5.74) is 10.1. The summed E-state index contributed by atoms with van der Waals surface area (Å²) in [6.07, 6.45) is 8.08. The van der Waals surface area contributed by atoms with Crippen LogP contribution in [0.15, 0.2) is 24.5 Å². The van der Waals surface area contributed by atoms with Crippen LogP contribution in [0.1, 0.15) is 25.7 Å². The van der Waals surface area contributed by atoms with Crippen molar-refractivity contribution in [2.75, 3.05) is 11.5 Å². The number of aliphatic hydroxyl groups is 1. The van der Waals surface area contributed by atoms with E-state index < -0.39 is 0 Å². The lowest BCUT2D eigenvalue weighted by molar-refractivity contribution is 0.270. The third kappa shape index (κ3) is 3.01. The second-order valence-corrected chi connectivity index (χ2v) is 9.45. The summed E-state index contributed by atoms with van der Waals surface area (Å²) < 4.78 is 1.56. The summed E-state index contributed by atoms with van der Waals surface area (Å²) >= 11 is 13.3. The highest BCUT2D eigenvalue weighted by atomic mass is 35.5. The second-order valence-electron chi connectivity index (χ2n) is 8.71. The summed E-state index contributed by atoms with van der Waals surface area (Å²) in [6, 6.07) is 4.97. The highest BCUT2D eigenvalue weighted by Gasteiger charge is 2.40. The van der Waals surface area contributed by atoms with E-state index in [0.717, 1.165) is 53.8 Å². The molecule has 1 aromatic carbocycles. The number of hydrogen-bond acceptors (Lipinski definition) is 6. The SMILES string of the molecule is N[C@H]1C[C@H]2CC[C@@H](C1)N2c1cnc2c(-c3ccc4nn(CCO)c(Cl)c4c3Cl)c[nH]c2n1. The fourth-order valence-corrected chi connectivity index (χ4v) is 6.12. The lowest BCUT2D eigenvalue weighted by Crippen LogP contribution is -2.47. The van der Waals surface area contributed by atoms with Crippen LogP contribution < -0.4 is 10.6 Å². The number of nitrogens with two attached hydrogens (primary N) is 1. The van der Waals surface area contributed by atoms with E-state index in [0.29, 0.717) is 39.7 Å². The van der Waals surface area contributed by atoms with E-state index in [9.17, 15) is 5.11 Å². The minimum atomic E-state index is -0.0524. The Kier molecular flexibility index (Phi) is 4.80. The molecular formula is C22H23Cl2N7O. The molecule has 5 heterocycles. The fourth-order valence-electron chi connectivity index (χ4n) is 5.41. The van der Waals surface area contributed by atoms with Gasteiger partial charge in [-0.2, -0.15) is 5.10 Å². The molecule has 0 radical (unpaired) electrons. The van der Waals surface area contributed by atoms with Crippen LogP contribution in [0.2, 0.25) is 10.2 Å². The molecule has 3 atom stereocenters. The first-order valence-electron chi connectivity index (χ1n) is 10.9. The summed E-state index contributed by atoms with van der Waals surface area (Å²) in [5.74, 6) is 0.903.